The lowest BCUT2D eigenvalue weighted by Gasteiger charge is -2.30. The van der Waals surface area contributed by atoms with E-state index in [9.17, 15) is 4.39 Å². The number of halogens is 1. The van der Waals surface area contributed by atoms with Crippen molar-refractivity contribution in [3.63, 3.8) is 0 Å². The van der Waals surface area contributed by atoms with Crippen LogP contribution in [0.2, 0.25) is 0 Å². The Labute approximate surface area is 156 Å². The number of nitrogens with zero attached hydrogens (tertiary/aromatic N) is 1. The molecular weight excluding hydrogens is 333 g/mol. The molecule has 1 aromatic rings. The molecule has 0 bridgehead atoms. The molecule has 1 aliphatic carbocycles. The molecule has 2 rings (SSSR count). The molecule has 1 fully saturated rings. The number of nitrogens with one attached hydrogen (secondary N) is 2. The van der Waals surface area contributed by atoms with Gasteiger partial charge in [-0.15, -0.1) is 0 Å². The van der Waals surface area contributed by atoms with E-state index in [0.717, 1.165) is 37.6 Å². The molecule has 0 saturated heterocycles. The highest BCUT2D eigenvalue weighted by Crippen LogP contribution is 2.40. The maximum absolute atomic E-state index is 13.8. The lowest BCUT2D eigenvalue weighted by molar-refractivity contribution is 0.138. The Morgan fingerprint density at radius 2 is 2.00 bits per heavy atom. The van der Waals surface area contributed by atoms with Gasteiger partial charge in [0.2, 0.25) is 0 Å². The third-order valence-electron chi connectivity index (χ3n) is 5.11. The summed E-state index contributed by atoms with van der Waals surface area (Å²) in [6.07, 6.45) is 6.09. The highest BCUT2D eigenvalue weighted by molar-refractivity contribution is 5.79. The van der Waals surface area contributed by atoms with E-state index in [4.69, 9.17) is 9.47 Å². The van der Waals surface area contributed by atoms with Crippen molar-refractivity contribution < 1.29 is 13.9 Å². The first-order valence-electron chi connectivity index (χ1n) is 9.46. The van der Waals surface area contributed by atoms with Crippen molar-refractivity contribution in [3.05, 3.63) is 29.6 Å². The summed E-state index contributed by atoms with van der Waals surface area (Å²) in [5, 5.41) is 6.76. The summed E-state index contributed by atoms with van der Waals surface area (Å²) >= 11 is 0. The fraction of sp³-hybridized carbons (Fsp3) is 0.650. The fourth-order valence-corrected chi connectivity index (χ4v) is 3.55. The second-order valence-corrected chi connectivity index (χ2v) is 6.97. The molecule has 0 aromatic heterocycles. The Bertz CT molecular complexity index is 586. The largest absolute Gasteiger partial charge is 0.494 e. The molecule has 1 saturated carbocycles. The number of hydrogen-bond donors (Lipinski definition) is 2. The van der Waals surface area contributed by atoms with Crippen LogP contribution in [-0.2, 0) is 11.3 Å². The monoisotopic (exact) mass is 365 g/mol. The number of hydrogen-bond acceptors (Lipinski definition) is 3. The molecule has 2 N–H and O–H groups in total. The van der Waals surface area contributed by atoms with Crippen LogP contribution in [0.4, 0.5) is 4.39 Å². The summed E-state index contributed by atoms with van der Waals surface area (Å²) in [5.74, 6) is 0.666. The summed E-state index contributed by atoms with van der Waals surface area (Å²) in [6.45, 7) is 4.93. The number of aliphatic imine (C=N–C) groups is 1. The van der Waals surface area contributed by atoms with Gasteiger partial charge in [-0.05, 0) is 49.3 Å². The van der Waals surface area contributed by atoms with Crippen LogP contribution in [0, 0.1) is 11.2 Å². The molecule has 6 heteroatoms. The molecule has 1 aliphatic rings. The lowest BCUT2D eigenvalue weighted by atomic mass is 9.83. The van der Waals surface area contributed by atoms with E-state index in [1.54, 1.807) is 13.2 Å². The van der Waals surface area contributed by atoms with E-state index in [1.165, 1.54) is 38.9 Å². The molecule has 1 aromatic carbocycles. The van der Waals surface area contributed by atoms with Crippen LogP contribution in [0.1, 0.15) is 44.6 Å². The van der Waals surface area contributed by atoms with Gasteiger partial charge in [0.1, 0.15) is 0 Å². The minimum atomic E-state index is -0.359. The molecule has 0 radical (unpaired) electrons. The van der Waals surface area contributed by atoms with Gasteiger partial charge >= 0.3 is 0 Å². The van der Waals surface area contributed by atoms with Crippen LogP contribution >= 0.6 is 0 Å². The molecular formula is C20H32FN3O2. The minimum Gasteiger partial charge on any atom is -0.494 e. The third-order valence-corrected chi connectivity index (χ3v) is 5.11. The first kappa shape index (κ1) is 20.5. The van der Waals surface area contributed by atoms with Gasteiger partial charge in [0, 0.05) is 26.8 Å². The Morgan fingerprint density at radius 1 is 1.23 bits per heavy atom. The van der Waals surface area contributed by atoms with Gasteiger partial charge in [0.05, 0.1) is 13.7 Å². The van der Waals surface area contributed by atoms with E-state index in [1.807, 2.05) is 13.0 Å². The average molecular weight is 365 g/mol. The van der Waals surface area contributed by atoms with Crippen LogP contribution < -0.4 is 15.4 Å². The first-order chi connectivity index (χ1) is 12.6. The zero-order valence-corrected chi connectivity index (χ0v) is 16.2. The van der Waals surface area contributed by atoms with Crippen molar-refractivity contribution in [1.82, 2.24) is 10.6 Å². The molecule has 0 spiro atoms. The van der Waals surface area contributed by atoms with Gasteiger partial charge in [0.15, 0.2) is 17.5 Å². The van der Waals surface area contributed by atoms with Gasteiger partial charge in [-0.1, -0.05) is 18.9 Å². The first-order valence-corrected chi connectivity index (χ1v) is 9.46. The number of methoxy groups -OCH3 is 2. The van der Waals surface area contributed by atoms with E-state index >= 15 is 0 Å². The van der Waals surface area contributed by atoms with Crippen LogP contribution in [-0.4, -0.2) is 39.9 Å². The maximum atomic E-state index is 13.8. The molecule has 5 nitrogen and oxygen atoms in total. The van der Waals surface area contributed by atoms with E-state index in [-0.39, 0.29) is 11.6 Å². The van der Waals surface area contributed by atoms with Crippen LogP contribution in [0.5, 0.6) is 5.75 Å². The standard InChI is InChI=1S/C20H32FN3O2/c1-4-22-19(23-14-16-7-8-18(26-3)17(21)13-16)24-15-20(11-12-25-2)9-5-6-10-20/h7-8,13H,4-6,9-12,14-15H2,1-3H3,(H2,22,23,24). The van der Waals surface area contributed by atoms with Gasteiger partial charge in [-0.25, -0.2) is 9.38 Å². The van der Waals surface area contributed by atoms with Crippen molar-refractivity contribution in [3.8, 4) is 5.75 Å². The average Bonchev–Trinajstić information content (AvgIpc) is 3.11. The van der Waals surface area contributed by atoms with Crippen molar-refractivity contribution in [2.45, 2.75) is 45.6 Å². The Hall–Kier alpha value is -1.82. The molecule has 0 aliphatic heterocycles. The lowest BCUT2D eigenvalue weighted by Crippen LogP contribution is -2.43. The Balaban J connectivity index is 1.98. The number of ether oxygens (including phenoxy) is 2. The maximum Gasteiger partial charge on any atom is 0.191 e. The summed E-state index contributed by atoms with van der Waals surface area (Å²) in [4.78, 5) is 4.61. The van der Waals surface area contributed by atoms with E-state index < -0.39 is 0 Å². The summed E-state index contributed by atoms with van der Waals surface area (Å²) in [7, 11) is 3.22. The Kier molecular flexibility index (Phi) is 8.16. The van der Waals surface area contributed by atoms with Crippen molar-refractivity contribution in [2.24, 2.45) is 10.4 Å². The Morgan fingerprint density at radius 3 is 2.62 bits per heavy atom. The van der Waals surface area contributed by atoms with E-state index in [2.05, 4.69) is 15.6 Å². The molecule has 0 heterocycles. The van der Waals surface area contributed by atoms with E-state index in [0.29, 0.717) is 12.0 Å². The van der Waals surface area contributed by atoms with Crippen molar-refractivity contribution >= 4 is 5.96 Å². The highest BCUT2D eigenvalue weighted by Gasteiger charge is 2.33. The van der Waals surface area contributed by atoms with Crippen molar-refractivity contribution in [1.29, 1.82) is 0 Å². The third kappa shape index (κ3) is 5.87. The van der Waals surface area contributed by atoms with Crippen LogP contribution in [0.25, 0.3) is 0 Å². The second-order valence-electron chi connectivity index (χ2n) is 6.97. The normalized spacial score (nSPS) is 16.5. The quantitative estimate of drug-likeness (QED) is 0.520. The van der Waals surface area contributed by atoms with Crippen molar-refractivity contribution in [2.75, 3.05) is 33.9 Å². The smallest absolute Gasteiger partial charge is 0.191 e. The molecule has 146 valence electrons. The van der Waals surface area contributed by atoms with Crippen LogP contribution in [0.3, 0.4) is 0 Å². The molecule has 26 heavy (non-hydrogen) atoms. The van der Waals surface area contributed by atoms with Gasteiger partial charge in [-0.3, -0.25) is 0 Å². The topological polar surface area (TPSA) is 54.9 Å². The second kappa shape index (κ2) is 10.4. The summed E-state index contributed by atoms with van der Waals surface area (Å²) < 4.78 is 24.1. The fourth-order valence-electron chi connectivity index (χ4n) is 3.55. The molecule has 0 unspecified atom stereocenters. The zero-order valence-electron chi connectivity index (χ0n) is 16.2. The predicted molar refractivity (Wildman–Crippen MR) is 103 cm³/mol. The predicted octanol–water partition coefficient (Wildman–Crippen LogP) is 3.49. The molecule has 0 amide bonds. The number of rotatable bonds is 9. The highest BCUT2D eigenvalue weighted by atomic mass is 19.1. The SMILES string of the molecule is CCNC(=NCc1ccc(OC)c(F)c1)NCC1(CCOC)CCCC1. The summed E-state index contributed by atoms with van der Waals surface area (Å²) in [6, 6.07) is 4.95. The van der Waals surface area contributed by atoms with Crippen LogP contribution in [0.15, 0.2) is 23.2 Å². The van der Waals surface area contributed by atoms with Gasteiger partial charge in [0.25, 0.3) is 0 Å². The zero-order chi connectivity index (χ0) is 18.8. The van der Waals surface area contributed by atoms with Gasteiger partial charge < -0.3 is 20.1 Å². The number of guanidine groups is 1. The number of benzene rings is 1. The minimum absolute atomic E-state index is 0.254. The van der Waals surface area contributed by atoms with Gasteiger partial charge in [-0.2, -0.15) is 0 Å². The molecule has 0 atom stereocenters. The summed E-state index contributed by atoms with van der Waals surface area (Å²) in [5.41, 5.74) is 1.11.